The van der Waals surface area contributed by atoms with Gasteiger partial charge in [0.05, 0.1) is 11.8 Å². The van der Waals surface area contributed by atoms with Gasteiger partial charge in [0.15, 0.2) is 4.34 Å². The molecule has 0 aliphatic heterocycles. The number of carbonyl (C=O) groups excluding carboxylic acids is 1. The van der Waals surface area contributed by atoms with E-state index in [1.807, 2.05) is 18.2 Å². The highest BCUT2D eigenvalue weighted by molar-refractivity contribution is 8.01. The molecular formula is C20H28N4OS2. The minimum atomic E-state index is 0.0410. The van der Waals surface area contributed by atoms with E-state index in [-0.39, 0.29) is 11.9 Å². The number of anilines is 1. The third-order valence-electron chi connectivity index (χ3n) is 4.78. The van der Waals surface area contributed by atoms with Crippen LogP contribution in [0.4, 0.5) is 5.13 Å². The van der Waals surface area contributed by atoms with Crippen LogP contribution in [-0.2, 0) is 4.79 Å². The number of thioether (sulfide) groups is 1. The van der Waals surface area contributed by atoms with Crippen molar-refractivity contribution >= 4 is 34.1 Å². The van der Waals surface area contributed by atoms with E-state index in [9.17, 15) is 4.79 Å². The van der Waals surface area contributed by atoms with E-state index in [0.717, 1.165) is 27.9 Å². The molecule has 2 aromatic rings. The standard InChI is InChI=1S/C20H28N4OS2/c1-2-9-17(15-10-5-3-6-11-15)22-18(25)14-26-20-24-23-19(27-20)21-16-12-7-4-8-13-16/h3,5-6,10-11,16-17H,2,4,7-9,12-14H2,1H3,(H,21,23)(H,22,25). The molecule has 2 N–H and O–H groups in total. The Balaban J connectivity index is 1.47. The van der Waals surface area contributed by atoms with E-state index in [1.165, 1.54) is 43.9 Å². The highest BCUT2D eigenvalue weighted by atomic mass is 32.2. The van der Waals surface area contributed by atoms with Gasteiger partial charge in [0.1, 0.15) is 0 Å². The van der Waals surface area contributed by atoms with Gasteiger partial charge in [-0.25, -0.2) is 0 Å². The molecule has 3 rings (SSSR count). The second-order valence-corrected chi connectivity index (χ2v) is 9.16. The number of amides is 1. The zero-order valence-corrected chi connectivity index (χ0v) is 17.5. The summed E-state index contributed by atoms with van der Waals surface area (Å²) in [6.45, 7) is 2.14. The van der Waals surface area contributed by atoms with E-state index in [2.05, 4.69) is 39.9 Å². The van der Waals surface area contributed by atoms with Crippen LogP contribution in [0, 0.1) is 0 Å². The van der Waals surface area contributed by atoms with Crippen LogP contribution in [0.1, 0.15) is 63.5 Å². The summed E-state index contributed by atoms with van der Waals surface area (Å²) >= 11 is 3.00. The highest BCUT2D eigenvalue weighted by Gasteiger charge is 2.17. The Hall–Kier alpha value is -1.60. The molecule has 1 fully saturated rings. The summed E-state index contributed by atoms with van der Waals surface area (Å²) in [5.41, 5.74) is 1.16. The van der Waals surface area contributed by atoms with Crippen molar-refractivity contribution in [2.24, 2.45) is 0 Å². The van der Waals surface area contributed by atoms with E-state index >= 15 is 0 Å². The predicted molar refractivity (Wildman–Crippen MR) is 113 cm³/mol. The van der Waals surface area contributed by atoms with Crippen molar-refractivity contribution in [3.63, 3.8) is 0 Å². The predicted octanol–water partition coefficient (Wildman–Crippen LogP) is 5.03. The Bertz CT molecular complexity index is 701. The monoisotopic (exact) mass is 404 g/mol. The third-order valence-corrected chi connectivity index (χ3v) is 6.77. The molecule has 1 aliphatic carbocycles. The molecule has 1 aromatic heterocycles. The Morgan fingerprint density at radius 2 is 2.00 bits per heavy atom. The molecule has 0 radical (unpaired) electrons. The smallest absolute Gasteiger partial charge is 0.230 e. The molecule has 7 heteroatoms. The summed E-state index contributed by atoms with van der Waals surface area (Å²) in [6.07, 6.45) is 8.31. The largest absolute Gasteiger partial charge is 0.357 e. The number of nitrogens with one attached hydrogen (secondary N) is 2. The molecule has 0 saturated heterocycles. The molecule has 1 saturated carbocycles. The molecule has 0 bridgehead atoms. The SMILES string of the molecule is CCCC(NC(=O)CSc1nnc(NC2CCCCC2)s1)c1ccccc1. The second kappa shape index (κ2) is 10.7. The highest BCUT2D eigenvalue weighted by Crippen LogP contribution is 2.28. The lowest BCUT2D eigenvalue weighted by Gasteiger charge is -2.21. The van der Waals surface area contributed by atoms with E-state index in [0.29, 0.717) is 11.8 Å². The third kappa shape index (κ3) is 6.50. The Labute approximate surface area is 169 Å². The van der Waals surface area contributed by atoms with E-state index < -0.39 is 0 Å². The van der Waals surface area contributed by atoms with Crippen molar-refractivity contribution in [1.82, 2.24) is 15.5 Å². The van der Waals surface area contributed by atoms with Gasteiger partial charge < -0.3 is 10.6 Å². The van der Waals surface area contributed by atoms with Crippen molar-refractivity contribution in [3.05, 3.63) is 35.9 Å². The van der Waals surface area contributed by atoms with Crippen molar-refractivity contribution in [1.29, 1.82) is 0 Å². The first kappa shape index (κ1) is 20.1. The van der Waals surface area contributed by atoms with Crippen molar-refractivity contribution in [3.8, 4) is 0 Å². The number of benzene rings is 1. The molecule has 27 heavy (non-hydrogen) atoms. The van der Waals surface area contributed by atoms with Crippen LogP contribution in [0.5, 0.6) is 0 Å². The maximum Gasteiger partial charge on any atom is 0.230 e. The number of hydrogen-bond donors (Lipinski definition) is 2. The molecular weight excluding hydrogens is 376 g/mol. The number of aromatic nitrogens is 2. The van der Waals surface area contributed by atoms with Gasteiger partial charge in [-0.3, -0.25) is 4.79 Å². The van der Waals surface area contributed by atoms with Gasteiger partial charge in [-0.1, -0.05) is 86.0 Å². The normalized spacial score (nSPS) is 16.0. The summed E-state index contributed by atoms with van der Waals surface area (Å²) in [6, 6.07) is 10.8. The quantitative estimate of drug-likeness (QED) is 0.574. The Kier molecular flexibility index (Phi) is 7.95. The topological polar surface area (TPSA) is 66.9 Å². The van der Waals surface area contributed by atoms with Gasteiger partial charge in [-0.15, -0.1) is 10.2 Å². The fourth-order valence-electron chi connectivity index (χ4n) is 3.41. The minimum absolute atomic E-state index is 0.0410. The van der Waals surface area contributed by atoms with Gasteiger partial charge in [-0.05, 0) is 24.8 Å². The van der Waals surface area contributed by atoms with Crippen molar-refractivity contribution < 1.29 is 4.79 Å². The average molecular weight is 405 g/mol. The number of rotatable bonds is 9. The number of carbonyl (C=O) groups is 1. The molecule has 0 spiro atoms. The van der Waals surface area contributed by atoms with Gasteiger partial charge in [-0.2, -0.15) is 0 Å². The van der Waals surface area contributed by atoms with Crippen LogP contribution in [0.3, 0.4) is 0 Å². The maximum atomic E-state index is 12.4. The Morgan fingerprint density at radius 3 is 2.74 bits per heavy atom. The summed E-state index contributed by atoms with van der Waals surface area (Å²) < 4.78 is 0.843. The van der Waals surface area contributed by atoms with Gasteiger partial charge in [0.2, 0.25) is 11.0 Å². The zero-order valence-electron chi connectivity index (χ0n) is 15.8. The molecule has 146 valence electrons. The van der Waals surface area contributed by atoms with Gasteiger partial charge in [0.25, 0.3) is 0 Å². The maximum absolute atomic E-state index is 12.4. The summed E-state index contributed by atoms with van der Waals surface area (Å²) in [5.74, 6) is 0.407. The second-order valence-electron chi connectivity index (χ2n) is 6.96. The van der Waals surface area contributed by atoms with Crippen LogP contribution in [0.2, 0.25) is 0 Å². The van der Waals surface area contributed by atoms with Crippen LogP contribution < -0.4 is 10.6 Å². The summed E-state index contributed by atoms with van der Waals surface area (Å²) in [7, 11) is 0. The lowest BCUT2D eigenvalue weighted by molar-refractivity contribution is -0.119. The zero-order chi connectivity index (χ0) is 18.9. The fourth-order valence-corrected chi connectivity index (χ4v) is 5.05. The van der Waals surface area contributed by atoms with Crippen molar-refractivity contribution in [2.75, 3.05) is 11.1 Å². The molecule has 1 aromatic carbocycles. The first-order chi connectivity index (χ1) is 13.2. The summed E-state index contributed by atoms with van der Waals surface area (Å²) in [4.78, 5) is 12.4. The molecule has 1 unspecified atom stereocenters. The molecule has 5 nitrogen and oxygen atoms in total. The molecule has 1 aliphatic rings. The first-order valence-electron chi connectivity index (χ1n) is 9.81. The first-order valence-corrected chi connectivity index (χ1v) is 11.6. The molecule has 1 amide bonds. The van der Waals surface area contributed by atoms with Crippen LogP contribution >= 0.6 is 23.1 Å². The van der Waals surface area contributed by atoms with Crippen LogP contribution in [0.15, 0.2) is 34.7 Å². The van der Waals surface area contributed by atoms with E-state index in [1.54, 1.807) is 11.3 Å². The number of nitrogens with zero attached hydrogens (tertiary/aromatic N) is 2. The number of hydrogen-bond acceptors (Lipinski definition) is 6. The molecule has 1 heterocycles. The van der Waals surface area contributed by atoms with Crippen LogP contribution in [0.25, 0.3) is 0 Å². The van der Waals surface area contributed by atoms with Crippen LogP contribution in [-0.4, -0.2) is 27.9 Å². The summed E-state index contributed by atoms with van der Waals surface area (Å²) in [5, 5.41) is 16.0. The van der Waals surface area contributed by atoms with Gasteiger partial charge >= 0.3 is 0 Å². The molecule has 1 atom stereocenters. The average Bonchev–Trinajstić information content (AvgIpc) is 3.15. The minimum Gasteiger partial charge on any atom is -0.357 e. The van der Waals surface area contributed by atoms with Crippen molar-refractivity contribution in [2.45, 2.75) is 68.3 Å². The van der Waals surface area contributed by atoms with E-state index in [4.69, 9.17) is 0 Å². The lowest BCUT2D eigenvalue weighted by atomic mass is 9.96. The Morgan fingerprint density at radius 1 is 1.22 bits per heavy atom. The fraction of sp³-hybridized carbons (Fsp3) is 0.550. The van der Waals surface area contributed by atoms with Gasteiger partial charge in [0, 0.05) is 6.04 Å². The lowest BCUT2D eigenvalue weighted by Crippen LogP contribution is -2.29.